The molecule has 0 bridgehead atoms. The summed E-state index contributed by atoms with van der Waals surface area (Å²) in [6.07, 6.45) is 0.595. The number of hydrazone groups is 1. The molecule has 104 valence electrons. The van der Waals surface area contributed by atoms with Gasteiger partial charge in [-0.05, 0) is 29.8 Å². The Labute approximate surface area is 126 Å². The van der Waals surface area contributed by atoms with Crippen LogP contribution in [0.4, 0.5) is 0 Å². The number of carbonyl (C=O) groups is 1. The van der Waals surface area contributed by atoms with Gasteiger partial charge in [0.2, 0.25) is 0 Å². The maximum absolute atomic E-state index is 12.4. The molecule has 5 heteroatoms. The fraction of sp³-hybridized carbons (Fsp3) is 0.125. The second-order valence-corrected chi connectivity index (χ2v) is 5.60. The maximum Gasteiger partial charge on any atom is 0.274 e. The van der Waals surface area contributed by atoms with E-state index in [9.17, 15) is 9.90 Å². The van der Waals surface area contributed by atoms with Crippen LogP contribution < -0.4 is 0 Å². The van der Waals surface area contributed by atoms with Crippen molar-refractivity contribution in [3.63, 3.8) is 0 Å². The van der Waals surface area contributed by atoms with Crippen molar-refractivity contribution in [1.82, 2.24) is 5.01 Å². The number of fused-ring (bicyclic) bond motifs is 3. The number of amides is 1. The molecular formula is C16H11ClN2O2. The first kappa shape index (κ1) is 12.4. The average molecular weight is 299 g/mol. The lowest BCUT2D eigenvalue weighted by Gasteiger charge is -2.10. The van der Waals surface area contributed by atoms with E-state index in [4.69, 9.17) is 11.6 Å². The van der Waals surface area contributed by atoms with Crippen molar-refractivity contribution in [3.8, 4) is 5.75 Å². The van der Waals surface area contributed by atoms with Gasteiger partial charge in [-0.1, -0.05) is 29.8 Å². The van der Waals surface area contributed by atoms with E-state index in [1.54, 1.807) is 24.3 Å². The van der Waals surface area contributed by atoms with Gasteiger partial charge in [-0.3, -0.25) is 4.79 Å². The molecule has 0 fully saturated rings. The third kappa shape index (κ3) is 1.76. The minimum absolute atomic E-state index is 0.0978. The fourth-order valence-corrected chi connectivity index (χ4v) is 3.12. The second-order valence-electron chi connectivity index (χ2n) is 5.17. The van der Waals surface area contributed by atoms with Gasteiger partial charge in [0.1, 0.15) is 5.75 Å². The first-order chi connectivity index (χ1) is 10.1. The highest BCUT2D eigenvalue weighted by Crippen LogP contribution is 2.42. The lowest BCUT2D eigenvalue weighted by molar-refractivity contribution is 0.0756. The monoisotopic (exact) mass is 298 g/mol. The highest BCUT2D eigenvalue weighted by molar-refractivity contribution is 6.31. The van der Waals surface area contributed by atoms with Crippen LogP contribution in [0.2, 0.25) is 5.02 Å². The Balaban J connectivity index is 1.76. The quantitative estimate of drug-likeness (QED) is 0.878. The van der Waals surface area contributed by atoms with E-state index < -0.39 is 0 Å². The zero-order valence-electron chi connectivity index (χ0n) is 11.0. The van der Waals surface area contributed by atoms with Gasteiger partial charge < -0.3 is 5.11 Å². The number of aromatic hydroxyl groups is 1. The highest BCUT2D eigenvalue weighted by Gasteiger charge is 2.42. The number of phenolic OH excluding ortho intramolecular Hbond substituents is 1. The summed E-state index contributed by atoms with van der Waals surface area (Å²) < 4.78 is 0. The number of benzene rings is 2. The Bertz CT molecular complexity index is 801. The van der Waals surface area contributed by atoms with Gasteiger partial charge in [0, 0.05) is 22.6 Å². The van der Waals surface area contributed by atoms with E-state index in [1.165, 1.54) is 5.01 Å². The summed E-state index contributed by atoms with van der Waals surface area (Å²) >= 11 is 5.95. The van der Waals surface area contributed by atoms with Crippen molar-refractivity contribution >= 4 is 23.2 Å². The summed E-state index contributed by atoms with van der Waals surface area (Å²) in [5.41, 5.74) is 2.97. The Hall–Kier alpha value is -2.33. The van der Waals surface area contributed by atoms with Gasteiger partial charge >= 0.3 is 0 Å². The number of carbonyl (C=O) groups excluding carboxylic acids is 1. The van der Waals surface area contributed by atoms with Crippen LogP contribution in [0.3, 0.4) is 0 Å². The molecule has 2 aromatic carbocycles. The predicted molar refractivity (Wildman–Crippen MR) is 79.6 cm³/mol. The predicted octanol–water partition coefficient (Wildman–Crippen LogP) is 3.35. The van der Waals surface area contributed by atoms with Crippen LogP contribution in [0.5, 0.6) is 5.75 Å². The Kier molecular flexibility index (Phi) is 2.56. The van der Waals surface area contributed by atoms with Gasteiger partial charge in [-0.25, -0.2) is 5.01 Å². The molecule has 2 heterocycles. The van der Waals surface area contributed by atoms with Crippen molar-refractivity contribution in [2.45, 2.75) is 12.5 Å². The molecule has 0 spiro atoms. The maximum atomic E-state index is 12.4. The lowest BCUT2D eigenvalue weighted by atomic mass is 9.97. The summed E-state index contributed by atoms with van der Waals surface area (Å²) in [6, 6.07) is 12.3. The van der Waals surface area contributed by atoms with E-state index in [2.05, 4.69) is 5.10 Å². The van der Waals surface area contributed by atoms with Crippen molar-refractivity contribution in [2.24, 2.45) is 5.10 Å². The molecule has 1 atom stereocenters. The molecule has 2 aliphatic heterocycles. The molecule has 0 saturated carbocycles. The minimum Gasteiger partial charge on any atom is -0.507 e. The number of rotatable bonds is 1. The Morgan fingerprint density at radius 3 is 2.81 bits per heavy atom. The van der Waals surface area contributed by atoms with Crippen LogP contribution in [0.1, 0.15) is 33.9 Å². The first-order valence-electron chi connectivity index (χ1n) is 6.64. The van der Waals surface area contributed by atoms with Gasteiger partial charge in [0.25, 0.3) is 5.91 Å². The standard InChI is InChI=1S/C16H11ClN2O2/c17-9-5-6-10-12(7-9)16(21)19-14(10)8-13(18-19)11-3-1-2-4-15(11)20/h1-7,14,20H,8H2. The van der Waals surface area contributed by atoms with E-state index >= 15 is 0 Å². The summed E-state index contributed by atoms with van der Waals surface area (Å²) in [4.78, 5) is 12.4. The molecule has 1 N–H and O–H groups in total. The van der Waals surface area contributed by atoms with Gasteiger partial charge in [0.05, 0.1) is 11.8 Å². The largest absolute Gasteiger partial charge is 0.507 e. The number of hydrogen-bond donors (Lipinski definition) is 1. The molecule has 0 aromatic heterocycles. The summed E-state index contributed by atoms with van der Waals surface area (Å²) in [5, 5.41) is 16.4. The summed E-state index contributed by atoms with van der Waals surface area (Å²) in [5.74, 6) is 0.0455. The number of para-hydroxylation sites is 1. The van der Waals surface area contributed by atoms with Crippen molar-refractivity contribution in [1.29, 1.82) is 0 Å². The minimum atomic E-state index is -0.136. The van der Waals surface area contributed by atoms with Crippen LogP contribution >= 0.6 is 11.6 Å². The number of halogens is 1. The Morgan fingerprint density at radius 1 is 1.19 bits per heavy atom. The van der Waals surface area contributed by atoms with Gasteiger partial charge in [0.15, 0.2) is 0 Å². The molecule has 2 aromatic rings. The van der Waals surface area contributed by atoms with Crippen LogP contribution in [0.25, 0.3) is 0 Å². The molecule has 0 aliphatic carbocycles. The number of phenols is 1. The van der Waals surface area contributed by atoms with Crippen LogP contribution in [-0.2, 0) is 0 Å². The molecule has 0 saturated heterocycles. The normalized spacial score (nSPS) is 19.5. The molecule has 4 rings (SSSR count). The van der Waals surface area contributed by atoms with Crippen molar-refractivity contribution < 1.29 is 9.90 Å². The lowest BCUT2D eigenvalue weighted by Crippen LogP contribution is -2.17. The third-order valence-electron chi connectivity index (χ3n) is 3.94. The van der Waals surface area contributed by atoms with Gasteiger partial charge in [-0.2, -0.15) is 5.10 Å². The van der Waals surface area contributed by atoms with Crippen molar-refractivity contribution in [2.75, 3.05) is 0 Å². The third-order valence-corrected chi connectivity index (χ3v) is 4.17. The first-order valence-corrected chi connectivity index (χ1v) is 7.02. The van der Waals surface area contributed by atoms with Gasteiger partial charge in [-0.15, -0.1) is 0 Å². The van der Waals surface area contributed by atoms with E-state index in [0.717, 1.165) is 11.3 Å². The molecule has 4 nitrogen and oxygen atoms in total. The molecule has 0 radical (unpaired) electrons. The zero-order chi connectivity index (χ0) is 14.6. The topological polar surface area (TPSA) is 52.9 Å². The molecule has 1 amide bonds. The van der Waals surface area contributed by atoms with E-state index in [1.807, 2.05) is 18.2 Å². The molecule has 2 aliphatic rings. The Morgan fingerprint density at radius 2 is 2.00 bits per heavy atom. The smallest absolute Gasteiger partial charge is 0.274 e. The van der Waals surface area contributed by atoms with E-state index in [0.29, 0.717) is 22.6 Å². The van der Waals surface area contributed by atoms with Crippen LogP contribution in [-0.4, -0.2) is 21.7 Å². The summed E-state index contributed by atoms with van der Waals surface area (Å²) in [7, 11) is 0. The molecule has 21 heavy (non-hydrogen) atoms. The van der Waals surface area contributed by atoms with Crippen LogP contribution in [0.15, 0.2) is 47.6 Å². The summed E-state index contributed by atoms with van der Waals surface area (Å²) in [6.45, 7) is 0. The highest BCUT2D eigenvalue weighted by atomic mass is 35.5. The zero-order valence-corrected chi connectivity index (χ0v) is 11.7. The molecular weight excluding hydrogens is 288 g/mol. The molecule has 1 unspecified atom stereocenters. The number of hydrogen-bond acceptors (Lipinski definition) is 3. The fourth-order valence-electron chi connectivity index (χ4n) is 2.95. The second kappa shape index (κ2) is 4.33. The number of nitrogens with zero attached hydrogens (tertiary/aromatic N) is 2. The van der Waals surface area contributed by atoms with Crippen molar-refractivity contribution in [3.05, 3.63) is 64.2 Å². The average Bonchev–Trinajstić information content (AvgIpc) is 3.00. The SMILES string of the molecule is O=C1c2cc(Cl)ccc2C2CC(c3ccccc3O)=NN12. The van der Waals surface area contributed by atoms with E-state index in [-0.39, 0.29) is 17.7 Å². The van der Waals surface area contributed by atoms with Crippen LogP contribution in [0, 0.1) is 0 Å².